The molecule has 1 aromatic carbocycles. The number of aryl methyl sites for hydroxylation is 1. The van der Waals surface area contributed by atoms with Crippen molar-refractivity contribution in [1.29, 1.82) is 0 Å². The number of piperazine rings is 1. The Morgan fingerprint density at radius 1 is 1.16 bits per heavy atom. The molecule has 0 radical (unpaired) electrons. The minimum Gasteiger partial charge on any atom is -0.494 e. The van der Waals surface area contributed by atoms with Gasteiger partial charge in [-0.25, -0.2) is 9.97 Å². The van der Waals surface area contributed by atoms with E-state index in [0.29, 0.717) is 25.5 Å². The molecule has 1 fully saturated rings. The fourth-order valence-electron chi connectivity index (χ4n) is 2.78. The normalized spacial score (nSPS) is 14.3. The summed E-state index contributed by atoms with van der Waals surface area (Å²) in [6.07, 6.45) is 0.904. The average Bonchev–Trinajstić information content (AvgIpc) is 2.63. The number of hydrogen-bond donors (Lipinski definition) is 1. The molecule has 3 rings (SSSR count). The summed E-state index contributed by atoms with van der Waals surface area (Å²) in [5.74, 6) is 3.19. The first-order chi connectivity index (χ1) is 12.2. The third-order valence-electron chi connectivity index (χ3n) is 4.05. The van der Waals surface area contributed by atoms with Gasteiger partial charge in [0.15, 0.2) is 0 Å². The Bertz CT molecular complexity index is 712. The van der Waals surface area contributed by atoms with Crippen LogP contribution in [0.15, 0.2) is 30.3 Å². The van der Waals surface area contributed by atoms with Gasteiger partial charge < -0.3 is 19.9 Å². The lowest BCUT2D eigenvalue weighted by atomic mass is 10.3. The van der Waals surface area contributed by atoms with Gasteiger partial charge in [-0.15, -0.1) is 0 Å². The van der Waals surface area contributed by atoms with Crippen LogP contribution in [0, 0.1) is 6.92 Å². The molecule has 1 amide bonds. The summed E-state index contributed by atoms with van der Waals surface area (Å²) in [5, 5.41) is 3.31. The van der Waals surface area contributed by atoms with Crippen LogP contribution in [0.4, 0.5) is 17.3 Å². The summed E-state index contributed by atoms with van der Waals surface area (Å²) in [6.45, 7) is 7.48. The van der Waals surface area contributed by atoms with Crippen LogP contribution >= 0.6 is 0 Å². The highest BCUT2D eigenvalue weighted by atomic mass is 16.5. The maximum absolute atomic E-state index is 10.8. The minimum absolute atomic E-state index is 0.651. The van der Waals surface area contributed by atoms with Crippen molar-refractivity contribution >= 4 is 23.7 Å². The van der Waals surface area contributed by atoms with E-state index in [4.69, 9.17) is 4.74 Å². The zero-order valence-corrected chi connectivity index (χ0v) is 14.6. The summed E-state index contributed by atoms with van der Waals surface area (Å²) in [5.41, 5.74) is 0.943. The molecular formula is C18H23N5O2. The van der Waals surface area contributed by atoms with Crippen LogP contribution in [-0.4, -0.2) is 54.1 Å². The van der Waals surface area contributed by atoms with Crippen LogP contribution in [-0.2, 0) is 4.79 Å². The zero-order valence-electron chi connectivity index (χ0n) is 14.6. The van der Waals surface area contributed by atoms with Crippen molar-refractivity contribution < 1.29 is 9.53 Å². The molecule has 1 aliphatic rings. The maximum atomic E-state index is 10.8. The molecule has 1 saturated heterocycles. The molecule has 0 bridgehead atoms. The van der Waals surface area contributed by atoms with E-state index in [1.807, 2.05) is 44.2 Å². The first kappa shape index (κ1) is 17.0. The van der Waals surface area contributed by atoms with E-state index in [-0.39, 0.29) is 0 Å². The Morgan fingerprint density at radius 3 is 2.52 bits per heavy atom. The molecule has 7 nitrogen and oxygen atoms in total. The van der Waals surface area contributed by atoms with E-state index >= 15 is 0 Å². The Hall–Kier alpha value is -2.83. The number of nitrogens with one attached hydrogen (secondary N) is 1. The van der Waals surface area contributed by atoms with Gasteiger partial charge in [-0.2, -0.15) is 0 Å². The summed E-state index contributed by atoms with van der Waals surface area (Å²) in [6, 6.07) is 9.73. The number of carbonyl (C=O) groups is 1. The molecule has 25 heavy (non-hydrogen) atoms. The molecule has 0 unspecified atom stereocenters. The molecule has 2 aromatic rings. The van der Waals surface area contributed by atoms with Crippen LogP contribution in [0.3, 0.4) is 0 Å². The number of rotatable bonds is 6. The van der Waals surface area contributed by atoms with Crippen LogP contribution in [0.25, 0.3) is 0 Å². The quantitative estimate of drug-likeness (QED) is 0.812. The average molecular weight is 341 g/mol. The number of benzene rings is 1. The van der Waals surface area contributed by atoms with Gasteiger partial charge in [-0.05, 0) is 38.1 Å². The number of hydrogen-bond acceptors (Lipinski definition) is 6. The fourth-order valence-corrected chi connectivity index (χ4v) is 2.78. The number of amides is 1. The van der Waals surface area contributed by atoms with E-state index < -0.39 is 0 Å². The monoisotopic (exact) mass is 341 g/mol. The van der Waals surface area contributed by atoms with E-state index in [9.17, 15) is 4.79 Å². The van der Waals surface area contributed by atoms with Crippen LogP contribution < -0.4 is 15.0 Å². The number of ether oxygens (including phenoxy) is 1. The van der Waals surface area contributed by atoms with Gasteiger partial charge in [0.2, 0.25) is 6.41 Å². The van der Waals surface area contributed by atoms with Crippen molar-refractivity contribution in [3.63, 3.8) is 0 Å². The number of anilines is 3. The Kier molecular flexibility index (Phi) is 5.33. The second-order valence-electron chi connectivity index (χ2n) is 5.87. The second-order valence-corrected chi connectivity index (χ2v) is 5.87. The molecule has 0 aliphatic carbocycles. The Balaban J connectivity index is 1.72. The van der Waals surface area contributed by atoms with Crippen LogP contribution in [0.2, 0.25) is 0 Å². The lowest BCUT2D eigenvalue weighted by molar-refractivity contribution is -0.118. The predicted octanol–water partition coefficient (Wildman–Crippen LogP) is 2.21. The molecule has 7 heteroatoms. The highest BCUT2D eigenvalue weighted by molar-refractivity contribution is 5.60. The van der Waals surface area contributed by atoms with Gasteiger partial charge >= 0.3 is 0 Å². The van der Waals surface area contributed by atoms with Crippen molar-refractivity contribution in [2.24, 2.45) is 0 Å². The number of carbonyl (C=O) groups excluding carboxylic acids is 1. The smallest absolute Gasteiger partial charge is 0.209 e. The van der Waals surface area contributed by atoms with Gasteiger partial charge in [0.1, 0.15) is 23.2 Å². The summed E-state index contributed by atoms with van der Waals surface area (Å²) < 4.78 is 5.46. The minimum atomic E-state index is 0.651. The van der Waals surface area contributed by atoms with Crippen molar-refractivity contribution in [3.05, 3.63) is 36.2 Å². The number of aromatic nitrogens is 2. The molecule has 1 aromatic heterocycles. The van der Waals surface area contributed by atoms with Gasteiger partial charge in [-0.3, -0.25) is 4.79 Å². The fraction of sp³-hybridized carbons (Fsp3) is 0.389. The van der Waals surface area contributed by atoms with E-state index in [1.54, 1.807) is 4.90 Å². The van der Waals surface area contributed by atoms with Crippen molar-refractivity contribution in [2.45, 2.75) is 13.8 Å². The van der Waals surface area contributed by atoms with Gasteiger partial charge in [0.05, 0.1) is 6.61 Å². The molecule has 0 atom stereocenters. The summed E-state index contributed by atoms with van der Waals surface area (Å²) in [7, 11) is 0. The zero-order chi connectivity index (χ0) is 17.6. The van der Waals surface area contributed by atoms with Crippen LogP contribution in [0.5, 0.6) is 5.75 Å². The van der Waals surface area contributed by atoms with E-state index in [0.717, 1.165) is 42.6 Å². The van der Waals surface area contributed by atoms with Crippen molar-refractivity contribution in [2.75, 3.05) is 43.0 Å². The first-order valence-corrected chi connectivity index (χ1v) is 8.48. The molecular weight excluding hydrogens is 318 g/mol. The third kappa shape index (κ3) is 4.37. The number of nitrogens with zero attached hydrogens (tertiary/aromatic N) is 4. The van der Waals surface area contributed by atoms with E-state index in [1.165, 1.54) is 0 Å². The molecule has 132 valence electrons. The molecule has 0 spiro atoms. The second kappa shape index (κ2) is 7.83. The van der Waals surface area contributed by atoms with Crippen molar-refractivity contribution in [1.82, 2.24) is 14.9 Å². The third-order valence-corrected chi connectivity index (χ3v) is 4.05. The molecule has 1 aliphatic heterocycles. The highest BCUT2D eigenvalue weighted by Crippen LogP contribution is 2.22. The Morgan fingerprint density at radius 2 is 1.88 bits per heavy atom. The van der Waals surface area contributed by atoms with Crippen molar-refractivity contribution in [3.8, 4) is 5.75 Å². The predicted molar refractivity (Wildman–Crippen MR) is 97.5 cm³/mol. The summed E-state index contributed by atoms with van der Waals surface area (Å²) >= 11 is 0. The largest absolute Gasteiger partial charge is 0.494 e. The Labute approximate surface area is 147 Å². The first-order valence-electron chi connectivity index (χ1n) is 8.48. The van der Waals surface area contributed by atoms with E-state index in [2.05, 4.69) is 20.2 Å². The standard InChI is InChI=1S/C18H23N5O2/c1-3-25-16-6-4-15(5-7-16)21-17-12-18(20-14(2)19-17)23-10-8-22(13-24)9-11-23/h4-7,12-13H,3,8-11H2,1-2H3,(H,19,20,21). The van der Waals surface area contributed by atoms with Gasteiger partial charge in [-0.1, -0.05) is 0 Å². The molecule has 2 heterocycles. The van der Waals surface area contributed by atoms with Gasteiger partial charge in [0.25, 0.3) is 0 Å². The van der Waals surface area contributed by atoms with Crippen LogP contribution in [0.1, 0.15) is 12.7 Å². The lowest BCUT2D eigenvalue weighted by Gasteiger charge is -2.33. The van der Waals surface area contributed by atoms with Gasteiger partial charge in [0, 0.05) is 37.9 Å². The lowest BCUT2D eigenvalue weighted by Crippen LogP contribution is -2.46. The molecule has 1 N–H and O–H groups in total. The SMILES string of the molecule is CCOc1ccc(Nc2cc(N3CCN(C=O)CC3)nc(C)n2)cc1. The maximum Gasteiger partial charge on any atom is 0.209 e. The molecule has 0 saturated carbocycles. The summed E-state index contributed by atoms with van der Waals surface area (Å²) in [4.78, 5) is 23.8. The topological polar surface area (TPSA) is 70.6 Å². The highest BCUT2D eigenvalue weighted by Gasteiger charge is 2.17.